The van der Waals surface area contributed by atoms with Crippen LogP contribution in [0.5, 0.6) is 0 Å². The van der Waals surface area contributed by atoms with Gasteiger partial charge in [-0.15, -0.1) is 0 Å². The highest BCUT2D eigenvalue weighted by atomic mass is 16.4. The summed E-state index contributed by atoms with van der Waals surface area (Å²) in [6, 6.07) is 8.70. The van der Waals surface area contributed by atoms with Gasteiger partial charge in [-0.3, -0.25) is 14.4 Å². The van der Waals surface area contributed by atoms with Gasteiger partial charge in [-0.05, 0) is 61.4 Å². The van der Waals surface area contributed by atoms with Crippen LogP contribution in [0.3, 0.4) is 0 Å². The first kappa shape index (κ1) is 17.9. The Kier molecular flexibility index (Phi) is 5.51. The number of anilines is 1. The molecule has 0 bridgehead atoms. The number of amides is 1. The molecular weight excluding hydrogens is 332 g/mol. The molecule has 1 heterocycles. The second-order valence-electron chi connectivity index (χ2n) is 6.62. The van der Waals surface area contributed by atoms with E-state index >= 15 is 0 Å². The van der Waals surface area contributed by atoms with Gasteiger partial charge < -0.3 is 15.4 Å². The minimum atomic E-state index is -0.843. The molecule has 0 saturated heterocycles. The van der Waals surface area contributed by atoms with Gasteiger partial charge in [0, 0.05) is 17.8 Å². The van der Waals surface area contributed by atoms with Crippen LogP contribution in [0.15, 0.2) is 35.1 Å². The van der Waals surface area contributed by atoms with Crippen molar-refractivity contribution in [1.29, 1.82) is 0 Å². The zero-order chi connectivity index (χ0) is 18.5. The third-order valence-corrected chi connectivity index (χ3v) is 4.67. The number of pyridine rings is 1. The van der Waals surface area contributed by atoms with E-state index in [0.29, 0.717) is 12.1 Å². The molecule has 0 atom stereocenters. The van der Waals surface area contributed by atoms with Crippen LogP contribution in [-0.2, 0) is 24.1 Å². The van der Waals surface area contributed by atoms with Crippen LogP contribution >= 0.6 is 0 Å². The van der Waals surface area contributed by atoms with Crippen molar-refractivity contribution in [2.75, 3.05) is 5.32 Å². The number of fused-ring (bicyclic) bond motifs is 1. The van der Waals surface area contributed by atoms with Crippen molar-refractivity contribution in [3.8, 4) is 0 Å². The van der Waals surface area contributed by atoms with Crippen molar-refractivity contribution in [2.45, 2.75) is 44.9 Å². The average molecular weight is 354 g/mol. The standard InChI is InChI=1S/C20H22N2O4/c23-18(24)11-8-13-6-9-15(10-7-13)21-19(25)16-12-14-4-2-1-3-5-17(14)22-20(16)26/h6-7,9-10,12H,1-5,8,11H2,(H,21,25)(H,22,26)(H,23,24). The van der Waals surface area contributed by atoms with Gasteiger partial charge in [-0.1, -0.05) is 18.6 Å². The second-order valence-corrected chi connectivity index (χ2v) is 6.62. The Morgan fingerprint density at radius 2 is 1.81 bits per heavy atom. The highest BCUT2D eigenvalue weighted by Crippen LogP contribution is 2.19. The zero-order valence-electron chi connectivity index (χ0n) is 14.5. The van der Waals surface area contributed by atoms with E-state index in [9.17, 15) is 14.4 Å². The molecule has 0 fully saturated rings. The molecule has 0 saturated carbocycles. The zero-order valence-corrected chi connectivity index (χ0v) is 14.5. The Bertz CT molecular complexity index is 868. The van der Waals surface area contributed by atoms with Crippen molar-refractivity contribution in [1.82, 2.24) is 4.98 Å². The van der Waals surface area contributed by atoms with E-state index < -0.39 is 11.9 Å². The number of benzene rings is 1. The molecular formula is C20H22N2O4. The van der Waals surface area contributed by atoms with Gasteiger partial charge in [0.05, 0.1) is 0 Å². The maximum Gasteiger partial charge on any atom is 0.303 e. The average Bonchev–Trinajstić information content (AvgIpc) is 2.85. The third kappa shape index (κ3) is 4.39. The summed E-state index contributed by atoms with van der Waals surface area (Å²) in [6.07, 6.45) is 5.49. The minimum absolute atomic E-state index is 0.0657. The highest BCUT2D eigenvalue weighted by Gasteiger charge is 2.16. The molecule has 3 N–H and O–H groups in total. The number of H-pyrrole nitrogens is 1. The summed E-state index contributed by atoms with van der Waals surface area (Å²) in [6.45, 7) is 0. The molecule has 0 aliphatic heterocycles. The second kappa shape index (κ2) is 7.99. The Labute approximate surface area is 151 Å². The topological polar surface area (TPSA) is 99.3 Å². The molecule has 136 valence electrons. The quantitative estimate of drug-likeness (QED) is 0.719. The third-order valence-electron chi connectivity index (χ3n) is 4.67. The Morgan fingerprint density at radius 3 is 2.54 bits per heavy atom. The summed E-state index contributed by atoms with van der Waals surface area (Å²) < 4.78 is 0. The summed E-state index contributed by atoms with van der Waals surface area (Å²) in [5, 5.41) is 11.5. The number of rotatable bonds is 5. The normalized spacial score (nSPS) is 13.5. The maximum absolute atomic E-state index is 12.5. The molecule has 1 aliphatic carbocycles. The fraction of sp³-hybridized carbons (Fsp3) is 0.350. The molecule has 1 aromatic carbocycles. The maximum atomic E-state index is 12.5. The van der Waals surface area contributed by atoms with E-state index in [1.165, 1.54) is 0 Å². The summed E-state index contributed by atoms with van der Waals surface area (Å²) in [4.78, 5) is 38.2. The molecule has 6 heteroatoms. The summed E-state index contributed by atoms with van der Waals surface area (Å²) in [7, 11) is 0. The molecule has 0 unspecified atom stereocenters. The molecule has 0 spiro atoms. The first-order valence-electron chi connectivity index (χ1n) is 8.90. The largest absolute Gasteiger partial charge is 0.481 e. The lowest BCUT2D eigenvalue weighted by Crippen LogP contribution is -2.25. The first-order chi connectivity index (χ1) is 12.5. The number of carboxylic acids is 1. The van der Waals surface area contributed by atoms with Crippen molar-refractivity contribution in [3.05, 3.63) is 63.1 Å². The van der Waals surface area contributed by atoms with Gasteiger partial charge in [0.2, 0.25) is 0 Å². The highest BCUT2D eigenvalue weighted by molar-refractivity contribution is 6.04. The van der Waals surface area contributed by atoms with Gasteiger partial charge in [0.25, 0.3) is 11.5 Å². The molecule has 3 rings (SSSR count). The van der Waals surface area contributed by atoms with Crippen LogP contribution in [0.2, 0.25) is 0 Å². The van der Waals surface area contributed by atoms with Crippen LogP contribution in [0, 0.1) is 0 Å². The SMILES string of the molecule is O=C(O)CCc1ccc(NC(=O)c2cc3c([nH]c2=O)CCCCC3)cc1. The van der Waals surface area contributed by atoms with Crippen LogP contribution in [-0.4, -0.2) is 22.0 Å². The Hall–Kier alpha value is -2.89. The molecule has 1 amide bonds. The lowest BCUT2D eigenvalue weighted by atomic mass is 10.1. The van der Waals surface area contributed by atoms with Crippen LogP contribution in [0.1, 0.15) is 52.9 Å². The monoisotopic (exact) mass is 354 g/mol. The van der Waals surface area contributed by atoms with E-state index in [0.717, 1.165) is 48.9 Å². The summed E-state index contributed by atoms with van der Waals surface area (Å²) >= 11 is 0. The number of aromatic nitrogens is 1. The lowest BCUT2D eigenvalue weighted by Gasteiger charge is -2.09. The number of carbonyl (C=O) groups excluding carboxylic acids is 1. The van der Waals surface area contributed by atoms with Gasteiger partial charge in [0.1, 0.15) is 5.56 Å². The van der Waals surface area contributed by atoms with Gasteiger partial charge in [0.15, 0.2) is 0 Å². The molecule has 1 aromatic heterocycles. The number of hydrogen-bond acceptors (Lipinski definition) is 3. The first-order valence-corrected chi connectivity index (χ1v) is 8.90. The molecule has 0 radical (unpaired) electrons. The van der Waals surface area contributed by atoms with Crippen LogP contribution in [0.4, 0.5) is 5.69 Å². The Balaban J connectivity index is 1.73. The Morgan fingerprint density at radius 1 is 1.08 bits per heavy atom. The number of hydrogen-bond donors (Lipinski definition) is 3. The van der Waals surface area contributed by atoms with E-state index in [1.54, 1.807) is 30.3 Å². The van der Waals surface area contributed by atoms with Crippen molar-refractivity contribution < 1.29 is 14.7 Å². The van der Waals surface area contributed by atoms with Gasteiger partial charge >= 0.3 is 5.97 Å². The molecule has 1 aliphatic rings. The van der Waals surface area contributed by atoms with Crippen molar-refractivity contribution in [2.24, 2.45) is 0 Å². The van der Waals surface area contributed by atoms with Crippen molar-refractivity contribution >= 4 is 17.6 Å². The number of aryl methyl sites for hydroxylation is 3. The number of aromatic amines is 1. The fourth-order valence-electron chi connectivity index (χ4n) is 3.22. The summed E-state index contributed by atoms with van der Waals surface area (Å²) in [5.41, 5.74) is 3.22. The van der Waals surface area contributed by atoms with Gasteiger partial charge in [-0.2, -0.15) is 0 Å². The molecule has 6 nitrogen and oxygen atoms in total. The number of carboxylic acid groups (broad SMARTS) is 1. The number of nitrogens with one attached hydrogen (secondary N) is 2. The smallest absolute Gasteiger partial charge is 0.303 e. The number of carbonyl (C=O) groups is 2. The van der Waals surface area contributed by atoms with Crippen molar-refractivity contribution in [3.63, 3.8) is 0 Å². The predicted octanol–water partition coefficient (Wildman–Crippen LogP) is 2.91. The predicted molar refractivity (Wildman–Crippen MR) is 98.7 cm³/mol. The van der Waals surface area contributed by atoms with Gasteiger partial charge in [-0.25, -0.2) is 0 Å². The fourth-order valence-corrected chi connectivity index (χ4v) is 3.22. The minimum Gasteiger partial charge on any atom is -0.481 e. The van der Waals surface area contributed by atoms with E-state index in [1.807, 2.05) is 0 Å². The van der Waals surface area contributed by atoms with Crippen LogP contribution < -0.4 is 10.9 Å². The molecule has 26 heavy (non-hydrogen) atoms. The van der Waals surface area contributed by atoms with E-state index in [2.05, 4.69) is 10.3 Å². The van der Waals surface area contributed by atoms with Crippen LogP contribution in [0.25, 0.3) is 0 Å². The van der Waals surface area contributed by atoms with E-state index in [-0.39, 0.29) is 17.5 Å². The van der Waals surface area contributed by atoms with E-state index in [4.69, 9.17) is 5.11 Å². The summed E-state index contributed by atoms with van der Waals surface area (Å²) in [5.74, 6) is -1.28. The number of aliphatic carboxylic acids is 1. The lowest BCUT2D eigenvalue weighted by molar-refractivity contribution is -0.136. The molecule has 2 aromatic rings.